The molecule has 0 aromatic heterocycles. The number of hydrogen-bond acceptors (Lipinski definition) is 3. The molecule has 0 atom stereocenters. The molecule has 0 heterocycles. The Kier molecular flexibility index (Phi) is 6.25. The maximum Gasteiger partial charge on any atom is 0.221 e. The minimum atomic E-state index is -0.183. The Labute approximate surface area is 168 Å². The monoisotopic (exact) mass is 390 g/mol. The molecular weight excluding hydrogens is 372 g/mol. The first-order chi connectivity index (χ1) is 13.5. The standard InChI is InChI=1S/C23H19ClN2O2/c1-16(27)25-20-13-7-8-14-21(20)26-22(18-11-5-6-12-19(18)24)15-23(28)17-9-3-2-4-10-17/h2-15,26H,1H3,(H,25,27)/b22-15-. The molecule has 0 radical (unpaired) electrons. The van der Waals surface area contributed by atoms with Crippen molar-refractivity contribution in [3.05, 3.63) is 101 Å². The number of para-hydroxylation sites is 2. The topological polar surface area (TPSA) is 58.2 Å². The van der Waals surface area contributed by atoms with Crippen LogP contribution < -0.4 is 10.6 Å². The Balaban J connectivity index is 2.03. The molecule has 3 aromatic rings. The van der Waals surface area contributed by atoms with Crippen LogP contribution in [0, 0.1) is 0 Å². The van der Waals surface area contributed by atoms with Gasteiger partial charge in [-0.25, -0.2) is 0 Å². The van der Waals surface area contributed by atoms with Crippen molar-refractivity contribution in [2.75, 3.05) is 10.6 Å². The minimum absolute atomic E-state index is 0.153. The van der Waals surface area contributed by atoms with E-state index in [1.165, 1.54) is 13.0 Å². The van der Waals surface area contributed by atoms with Gasteiger partial charge < -0.3 is 10.6 Å². The highest BCUT2D eigenvalue weighted by Gasteiger charge is 2.12. The Bertz CT molecular complexity index is 1030. The first kappa shape index (κ1) is 19.4. The molecule has 0 unspecified atom stereocenters. The third-order valence-corrected chi connectivity index (χ3v) is 4.33. The first-order valence-electron chi connectivity index (χ1n) is 8.74. The summed E-state index contributed by atoms with van der Waals surface area (Å²) in [6.45, 7) is 1.44. The molecule has 0 aliphatic carbocycles. The molecule has 3 rings (SSSR count). The van der Waals surface area contributed by atoms with Gasteiger partial charge in [-0.1, -0.05) is 72.3 Å². The summed E-state index contributed by atoms with van der Waals surface area (Å²) in [4.78, 5) is 24.3. The highest BCUT2D eigenvalue weighted by molar-refractivity contribution is 6.32. The second-order valence-corrected chi connectivity index (χ2v) is 6.53. The zero-order valence-electron chi connectivity index (χ0n) is 15.3. The number of carbonyl (C=O) groups excluding carboxylic acids is 2. The number of benzene rings is 3. The van der Waals surface area contributed by atoms with E-state index in [-0.39, 0.29) is 11.7 Å². The average Bonchev–Trinajstić information content (AvgIpc) is 2.69. The fourth-order valence-electron chi connectivity index (χ4n) is 2.71. The van der Waals surface area contributed by atoms with Crippen LogP contribution >= 0.6 is 11.6 Å². The summed E-state index contributed by atoms with van der Waals surface area (Å²) >= 11 is 6.38. The van der Waals surface area contributed by atoms with E-state index in [2.05, 4.69) is 10.6 Å². The normalized spacial score (nSPS) is 11.0. The molecule has 0 saturated carbocycles. The Morgan fingerprint density at radius 3 is 2.00 bits per heavy atom. The molecule has 3 aromatic carbocycles. The van der Waals surface area contributed by atoms with Gasteiger partial charge in [-0.15, -0.1) is 0 Å². The van der Waals surface area contributed by atoms with E-state index in [9.17, 15) is 9.59 Å². The van der Waals surface area contributed by atoms with Gasteiger partial charge in [0.25, 0.3) is 0 Å². The summed E-state index contributed by atoms with van der Waals surface area (Å²) in [6, 6.07) is 23.6. The fraction of sp³-hybridized carbons (Fsp3) is 0.0435. The number of allylic oxidation sites excluding steroid dienone is 1. The zero-order valence-corrected chi connectivity index (χ0v) is 16.0. The van der Waals surface area contributed by atoms with Gasteiger partial charge in [-0.3, -0.25) is 9.59 Å². The van der Waals surface area contributed by atoms with Crippen LogP contribution in [0.15, 0.2) is 84.9 Å². The quantitative estimate of drug-likeness (QED) is 0.423. The molecular formula is C23H19ClN2O2. The summed E-state index contributed by atoms with van der Waals surface area (Å²) in [6.07, 6.45) is 1.51. The van der Waals surface area contributed by atoms with Crippen LogP contribution in [0.5, 0.6) is 0 Å². The van der Waals surface area contributed by atoms with Gasteiger partial charge in [-0.05, 0) is 18.2 Å². The molecule has 0 spiro atoms. The van der Waals surface area contributed by atoms with Gasteiger partial charge in [0.15, 0.2) is 5.78 Å². The van der Waals surface area contributed by atoms with Gasteiger partial charge in [0, 0.05) is 29.1 Å². The van der Waals surface area contributed by atoms with E-state index in [0.29, 0.717) is 33.2 Å². The van der Waals surface area contributed by atoms with Crippen molar-refractivity contribution < 1.29 is 9.59 Å². The summed E-state index contributed by atoms with van der Waals surface area (Å²) in [7, 11) is 0. The second kappa shape index (κ2) is 9.02. The Morgan fingerprint density at radius 2 is 1.36 bits per heavy atom. The van der Waals surface area contributed by atoms with Crippen LogP contribution in [0.4, 0.5) is 11.4 Å². The van der Waals surface area contributed by atoms with Gasteiger partial charge in [0.05, 0.1) is 17.1 Å². The number of carbonyl (C=O) groups is 2. The molecule has 140 valence electrons. The number of halogens is 1. The zero-order chi connectivity index (χ0) is 19.9. The van der Waals surface area contributed by atoms with Crippen LogP contribution in [-0.4, -0.2) is 11.7 Å². The summed E-state index contributed by atoms with van der Waals surface area (Å²) in [5.41, 5.74) is 3.07. The predicted octanol–water partition coefficient (Wildman–Crippen LogP) is 5.63. The van der Waals surface area contributed by atoms with Gasteiger partial charge in [0.1, 0.15) is 0 Å². The Hall–Kier alpha value is -3.37. The molecule has 28 heavy (non-hydrogen) atoms. The average molecular weight is 391 g/mol. The summed E-state index contributed by atoms with van der Waals surface area (Å²) in [5.74, 6) is -0.335. The van der Waals surface area contributed by atoms with Crippen molar-refractivity contribution in [1.82, 2.24) is 0 Å². The van der Waals surface area contributed by atoms with Crippen molar-refractivity contribution >= 4 is 40.4 Å². The van der Waals surface area contributed by atoms with E-state index in [0.717, 1.165) is 0 Å². The van der Waals surface area contributed by atoms with E-state index in [1.807, 2.05) is 54.6 Å². The van der Waals surface area contributed by atoms with E-state index in [4.69, 9.17) is 11.6 Å². The minimum Gasteiger partial charge on any atom is -0.353 e. The van der Waals surface area contributed by atoms with Crippen LogP contribution in [0.3, 0.4) is 0 Å². The van der Waals surface area contributed by atoms with E-state index in [1.54, 1.807) is 24.3 Å². The lowest BCUT2D eigenvalue weighted by atomic mass is 10.1. The van der Waals surface area contributed by atoms with Crippen LogP contribution in [-0.2, 0) is 4.79 Å². The van der Waals surface area contributed by atoms with Gasteiger partial charge >= 0.3 is 0 Å². The summed E-state index contributed by atoms with van der Waals surface area (Å²) < 4.78 is 0. The predicted molar refractivity (Wildman–Crippen MR) is 115 cm³/mol. The lowest BCUT2D eigenvalue weighted by Crippen LogP contribution is -2.10. The molecule has 2 N–H and O–H groups in total. The SMILES string of the molecule is CC(=O)Nc1ccccc1N/C(=C\C(=O)c1ccccc1)c1ccccc1Cl. The van der Waals surface area contributed by atoms with Crippen LogP contribution in [0.1, 0.15) is 22.8 Å². The molecule has 0 saturated heterocycles. The molecule has 0 aliphatic rings. The highest BCUT2D eigenvalue weighted by Crippen LogP contribution is 2.29. The second-order valence-electron chi connectivity index (χ2n) is 6.12. The van der Waals surface area contributed by atoms with Crippen molar-refractivity contribution in [2.24, 2.45) is 0 Å². The van der Waals surface area contributed by atoms with E-state index < -0.39 is 0 Å². The van der Waals surface area contributed by atoms with Crippen molar-refractivity contribution in [3.8, 4) is 0 Å². The smallest absolute Gasteiger partial charge is 0.221 e. The first-order valence-corrected chi connectivity index (χ1v) is 9.12. The highest BCUT2D eigenvalue weighted by atomic mass is 35.5. The van der Waals surface area contributed by atoms with Crippen molar-refractivity contribution in [3.63, 3.8) is 0 Å². The molecule has 0 fully saturated rings. The van der Waals surface area contributed by atoms with Gasteiger partial charge in [0.2, 0.25) is 5.91 Å². The number of amides is 1. The number of anilines is 2. The van der Waals surface area contributed by atoms with E-state index >= 15 is 0 Å². The van der Waals surface area contributed by atoms with Crippen molar-refractivity contribution in [1.29, 1.82) is 0 Å². The maximum absolute atomic E-state index is 12.8. The summed E-state index contributed by atoms with van der Waals surface area (Å²) in [5, 5.41) is 6.55. The molecule has 1 amide bonds. The number of hydrogen-bond donors (Lipinski definition) is 2. The molecule has 5 heteroatoms. The lowest BCUT2D eigenvalue weighted by Gasteiger charge is -2.16. The van der Waals surface area contributed by atoms with Gasteiger partial charge in [-0.2, -0.15) is 0 Å². The molecule has 0 bridgehead atoms. The third-order valence-electron chi connectivity index (χ3n) is 4.00. The fourth-order valence-corrected chi connectivity index (χ4v) is 2.95. The van der Waals surface area contributed by atoms with Crippen LogP contribution in [0.25, 0.3) is 5.70 Å². The lowest BCUT2D eigenvalue weighted by molar-refractivity contribution is -0.114. The largest absolute Gasteiger partial charge is 0.353 e. The third kappa shape index (κ3) is 4.87. The van der Waals surface area contributed by atoms with Crippen molar-refractivity contribution in [2.45, 2.75) is 6.92 Å². The number of nitrogens with one attached hydrogen (secondary N) is 2. The molecule has 0 aliphatic heterocycles. The maximum atomic E-state index is 12.8. The Morgan fingerprint density at radius 1 is 0.786 bits per heavy atom. The number of rotatable bonds is 6. The molecule has 4 nitrogen and oxygen atoms in total. The number of ketones is 1. The van der Waals surface area contributed by atoms with Crippen LogP contribution in [0.2, 0.25) is 5.02 Å².